The molecule has 120 valence electrons. The summed E-state index contributed by atoms with van der Waals surface area (Å²) in [5.74, 6) is 1.22. The normalized spacial score (nSPS) is 17.0. The molecule has 5 heteroatoms. The molecule has 0 amide bonds. The zero-order valence-electron chi connectivity index (χ0n) is 13.1. The molecule has 1 aromatic heterocycles. The summed E-state index contributed by atoms with van der Waals surface area (Å²) in [6.07, 6.45) is 5.57. The maximum Gasteiger partial charge on any atom is 0.0833 e. The number of aromatic nitrogens is 3. The average molecular weight is 321 g/mol. The van der Waals surface area contributed by atoms with Crippen LogP contribution in [0.15, 0.2) is 36.5 Å². The van der Waals surface area contributed by atoms with Crippen molar-refractivity contribution in [2.24, 2.45) is 5.92 Å². The van der Waals surface area contributed by atoms with Crippen LogP contribution in [0.4, 0.5) is 0 Å². The van der Waals surface area contributed by atoms with Gasteiger partial charge in [0.2, 0.25) is 0 Å². The highest BCUT2D eigenvalue weighted by atomic mass is 35.5. The van der Waals surface area contributed by atoms with E-state index < -0.39 is 0 Å². The quantitative estimate of drug-likeness (QED) is 0.920. The molecule has 1 unspecified atom stereocenters. The predicted molar refractivity (Wildman–Crippen MR) is 91.4 cm³/mol. The Balaban J connectivity index is 0.00000176. The fraction of sp³-hybridized carbons (Fsp3) is 0.529. The first-order valence-electron chi connectivity index (χ1n) is 7.96. The van der Waals surface area contributed by atoms with Crippen LogP contribution in [0.25, 0.3) is 0 Å². The highest BCUT2D eigenvalue weighted by molar-refractivity contribution is 5.85. The highest BCUT2D eigenvalue weighted by Gasteiger charge is 2.15. The summed E-state index contributed by atoms with van der Waals surface area (Å²) in [7, 11) is 0. The monoisotopic (exact) mass is 320 g/mol. The third-order valence-electron chi connectivity index (χ3n) is 4.37. The Morgan fingerprint density at radius 3 is 2.68 bits per heavy atom. The van der Waals surface area contributed by atoms with Crippen LogP contribution in [0.1, 0.15) is 36.9 Å². The minimum absolute atomic E-state index is 0. The molecule has 1 fully saturated rings. The molecule has 0 spiro atoms. The van der Waals surface area contributed by atoms with E-state index in [2.05, 4.69) is 59.1 Å². The summed E-state index contributed by atoms with van der Waals surface area (Å²) in [5.41, 5.74) is 2.46. The molecule has 4 nitrogen and oxygen atoms in total. The van der Waals surface area contributed by atoms with Gasteiger partial charge in [-0.25, -0.2) is 0 Å². The van der Waals surface area contributed by atoms with E-state index in [1.807, 2.05) is 4.68 Å². The molecule has 1 aliphatic heterocycles. The second-order valence-corrected chi connectivity index (χ2v) is 6.14. The van der Waals surface area contributed by atoms with Gasteiger partial charge in [0.1, 0.15) is 0 Å². The second-order valence-electron chi connectivity index (χ2n) is 6.14. The van der Waals surface area contributed by atoms with E-state index in [1.54, 1.807) is 0 Å². The second kappa shape index (κ2) is 8.30. The molecule has 0 bridgehead atoms. The van der Waals surface area contributed by atoms with Gasteiger partial charge in [-0.05, 0) is 49.8 Å². The van der Waals surface area contributed by atoms with Crippen molar-refractivity contribution in [2.75, 3.05) is 13.1 Å². The zero-order chi connectivity index (χ0) is 14.5. The van der Waals surface area contributed by atoms with E-state index in [0.29, 0.717) is 5.92 Å². The molecular weight excluding hydrogens is 296 g/mol. The Kier molecular flexibility index (Phi) is 6.40. The number of piperidine rings is 1. The van der Waals surface area contributed by atoms with Gasteiger partial charge in [-0.3, -0.25) is 4.68 Å². The number of hydrogen-bond donors (Lipinski definition) is 1. The molecule has 0 aliphatic carbocycles. The van der Waals surface area contributed by atoms with Crippen molar-refractivity contribution in [2.45, 2.75) is 38.6 Å². The molecule has 2 aromatic rings. The van der Waals surface area contributed by atoms with Crippen LogP contribution in [-0.4, -0.2) is 28.1 Å². The molecule has 1 aliphatic rings. The summed E-state index contributed by atoms with van der Waals surface area (Å²) in [6, 6.07) is 10.6. The summed E-state index contributed by atoms with van der Waals surface area (Å²) < 4.78 is 2.03. The summed E-state index contributed by atoms with van der Waals surface area (Å²) >= 11 is 0. The number of rotatable bonds is 5. The van der Waals surface area contributed by atoms with Gasteiger partial charge in [0.25, 0.3) is 0 Å². The lowest BCUT2D eigenvalue weighted by Crippen LogP contribution is -2.30. The van der Waals surface area contributed by atoms with Crippen molar-refractivity contribution in [1.82, 2.24) is 20.3 Å². The molecule has 1 saturated heterocycles. The van der Waals surface area contributed by atoms with Gasteiger partial charge >= 0.3 is 0 Å². The highest BCUT2D eigenvalue weighted by Crippen LogP contribution is 2.19. The van der Waals surface area contributed by atoms with Crippen LogP contribution in [-0.2, 0) is 13.0 Å². The van der Waals surface area contributed by atoms with Gasteiger partial charge in [0, 0.05) is 12.7 Å². The maximum absolute atomic E-state index is 4.34. The van der Waals surface area contributed by atoms with Gasteiger partial charge in [-0.1, -0.05) is 42.5 Å². The predicted octanol–water partition coefficient (Wildman–Crippen LogP) is 3.05. The molecule has 0 radical (unpaired) electrons. The van der Waals surface area contributed by atoms with Crippen molar-refractivity contribution in [3.05, 3.63) is 47.8 Å². The van der Waals surface area contributed by atoms with E-state index in [1.165, 1.54) is 18.4 Å². The lowest BCUT2D eigenvalue weighted by molar-refractivity contribution is 0.318. The Morgan fingerprint density at radius 1 is 1.23 bits per heavy atom. The van der Waals surface area contributed by atoms with Gasteiger partial charge < -0.3 is 5.32 Å². The van der Waals surface area contributed by atoms with E-state index in [0.717, 1.165) is 37.7 Å². The summed E-state index contributed by atoms with van der Waals surface area (Å²) in [4.78, 5) is 0. The molecule has 2 heterocycles. The van der Waals surface area contributed by atoms with E-state index in [-0.39, 0.29) is 12.4 Å². The van der Waals surface area contributed by atoms with Crippen LogP contribution in [0.3, 0.4) is 0 Å². The van der Waals surface area contributed by atoms with E-state index in [9.17, 15) is 0 Å². The van der Waals surface area contributed by atoms with Gasteiger partial charge in [0.05, 0.1) is 5.69 Å². The Bertz CT molecular complexity index is 549. The van der Waals surface area contributed by atoms with Crippen molar-refractivity contribution >= 4 is 12.4 Å². The molecule has 3 rings (SSSR count). The fourth-order valence-corrected chi connectivity index (χ4v) is 3.06. The first kappa shape index (κ1) is 17.0. The largest absolute Gasteiger partial charge is 0.317 e. The summed E-state index contributed by atoms with van der Waals surface area (Å²) in [5, 5.41) is 12.1. The fourth-order valence-electron chi connectivity index (χ4n) is 3.06. The zero-order valence-corrected chi connectivity index (χ0v) is 13.9. The first-order valence-corrected chi connectivity index (χ1v) is 7.96. The molecule has 1 aromatic carbocycles. The van der Waals surface area contributed by atoms with Crippen molar-refractivity contribution < 1.29 is 0 Å². The standard InChI is InChI=1S/C17H24N4.ClH/c1-14(16-5-3-2-4-6-16)11-17-13-21(20-19-17)12-15-7-9-18-10-8-15;/h2-6,13-15,18H,7-12H2,1H3;1H. The van der Waals surface area contributed by atoms with Crippen LogP contribution in [0.5, 0.6) is 0 Å². The van der Waals surface area contributed by atoms with E-state index in [4.69, 9.17) is 0 Å². The third kappa shape index (κ3) is 4.55. The minimum atomic E-state index is 0. The topological polar surface area (TPSA) is 42.7 Å². The van der Waals surface area contributed by atoms with Gasteiger partial charge in [0.15, 0.2) is 0 Å². The van der Waals surface area contributed by atoms with Crippen LogP contribution < -0.4 is 5.32 Å². The Morgan fingerprint density at radius 2 is 1.95 bits per heavy atom. The number of halogens is 1. The SMILES string of the molecule is CC(Cc1cn(CC2CCNCC2)nn1)c1ccccc1.Cl. The van der Waals surface area contributed by atoms with Gasteiger partial charge in [-0.2, -0.15) is 0 Å². The number of nitrogens with one attached hydrogen (secondary N) is 1. The lowest BCUT2D eigenvalue weighted by atomic mass is 9.96. The van der Waals surface area contributed by atoms with Crippen molar-refractivity contribution in [3.8, 4) is 0 Å². The molecule has 22 heavy (non-hydrogen) atoms. The third-order valence-corrected chi connectivity index (χ3v) is 4.37. The van der Waals surface area contributed by atoms with Crippen LogP contribution >= 0.6 is 12.4 Å². The maximum atomic E-state index is 4.34. The van der Waals surface area contributed by atoms with Crippen LogP contribution in [0, 0.1) is 5.92 Å². The molecular formula is C17H25ClN4. The Hall–Kier alpha value is -1.39. The summed E-state index contributed by atoms with van der Waals surface area (Å²) in [6.45, 7) is 5.53. The van der Waals surface area contributed by atoms with Crippen molar-refractivity contribution in [3.63, 3.8) is 0 Å². The average Bonchev–Trinajstić information content (AvgIpc) is 2.96. The smallest absolute Gasteiger partial charge is 0.0833 e. The number of nitrogens with zero attached hydrogens (tertiary/aromatic N) is 3. The Labute approximate surface area is 138 Å². The van der Waals surface area contributed by atoms with Gasteiger partial charge in [-0.15, -0.1) is 17.5 Å². The number of hydrogen-bond acceptors (Lipinski definition) is 3. The van der Waals surface area contributed by atoms with E-state index >= 15 is 0 Å². The molecule has 1 atom stereocenters. The molecule has 1 N–H and O–H groups in total. The van der Waals surface area contributed by atoms with Crippen LogP contribution in [0.2, 0.25) is 0 Å². The molecule has 0 saturated carbocycles. The minimum Gasteiger partial charge on any atom is -0.317 e. The number of benzene rings is 1. The van der Waals surface area contributed by atoms with Crippen molar-refractivity contribution in [1.29, 1.82) is 0 Å². The lowest BCUT2D eigenvalue weighted by Gasteiger charge is -2.21. The first-order chi connectivity index (χ1) is 10.3.